The van der Waals surface area contributed by atoms with Gasteiger partial charge in [-0.15, -0.1) is 0 Å². The van der Waals surface area contributed by atoms with Gasteiger partial charge in [0, 0.05) is 55.7 Å². The first-order valence-corrected chi connectivity index (χ1v) is 9.84. The van der Waals surface area contributed by atoms with Gasteiger partial charge in [-0.05, 0) is 31.5 Å². The van der Waals surface area contributed by atoms with E-state index < -0.39 is 17.6 Å². The number of aromatic nitrogens is 5. The number of nitrogens with zero attached hydrogens (tertiary/aromatic N) is 6. The summed E-state index contributed by atoms with van der Waals surface area (Å²) >= 11 is 0. The van der Waals surface area contributed by atoms with E-state index in [0.717, 1.165) is 56.5 Å². The zero-order valence-corrected chi connectivity index (χ0v) is 16.5. The highest BCUT2D eigenvalue weighted by Crippen LogP contribution is 2.44. The molecule has 1 atom stereocenters. The third kappa shape index (κ3) is 3.15. The van der Waals surface area contributed by atoms with Crippen LogP contribution >= 0.6 is 0 Å². The Morgan fingerprint density at radius 1 is 1.17 bits per heavy atom. The molecule has 10 heteroatoms. The number of nitrogen functional groups attached to an aromatic ring is 1. The molecule has 3 aromatic rings. The summed E-state index contributed by atoms with van der Waals surface area (Å²) in [7, 11) is 1.95. The van der Waals surface area contributed by atoms with Gasteiger partial charge in [0.05, 0.1) is 23.3 Å². The van der Waals surface area contributed by atoms with E-state index in [4.69, 9.17) is 5.73 Å². The number of alkyl halides is 3. The maximum atomic E-state index is 13.2. The number of halogens is 3. The first-order chi connectivity index (χ1) is 14.2. The number of fused-ring (bicyclic) bond motifs is 2. The summed E-state index contributed by atoms with van der Waals surface area (Å²) in [6, 6.07) is 2.96. The molecule has 5 heterocycles. The van der Waals surface area contributed by atoms with Crippen LogP contribution in [0.15, 0.2) is 30.9 Å². The van der Waals surface area contributed by atoms with E-state index in [9.17, 15) is 13.2 Å². The lowest BCUT2D eigenvalue weighted by molar-refractivity contribution is -0.137. The molecule has 2 aliphatic rings. The molecular weight excluding hydrogens is 395 g/mol. The Morgan fingerprint density at radius 2 is 1.97 bits per heavy atom. The van der Waals surface area contributed by atoms with Crippen molar-refractivity contribution < 1.29 is 13.2 Å². The molecular formula is C20H22F3N7. The molecule has 7 nitrogen and oxygen atoms in total. The predicted octanol–water partition coefficient (Wildman–Crippen LogP) is 2.83. The minimum atomic E-state index is -4.55. The summed E-state index contributed by atoms with van der Waals surface area (Å²) in [6.07, 6.45) is 2.62. The Bertz CT molecular complexity index is 1100. The van der Waals surface area contributed by atoms with Crippen LogP contribution in [-0.4, -0.2) is 42.3 Å². The van der Waals surface area contributed by atoms with Gasteiger partial charge in [-0.25, -0.2) is 9.97 Å². The van der Waals surface area contributed by atoms with Gasteiger partial charge >= 0.3 is 6.18 Å². The van der Waals surface area contributed by atoms with Crippen LogP contribution in [0.2, 0.25) is 0 Å². The highest BCUT2D eigenvalue weighted by Gasteiger charge is 2.45. The molecule has 1 saturated heterocycles. The second-order valence-electron chi connectivity index (χ2n) is 8.31. The third-order valence-electron chi connectivity index (χ3n) is 6.22. The largest absolute Gasteiger partial charge is 0.419 e. The molecule has 1 fully saturated rings. The second kappa shape index (κ2) is 6.56. The molecule has 0 amide bonds. The summed E-state index contributed by atoms with van der Waals surface area (Å²) in [5.41, 5.74) is 7.45. The third-order valence-corrected chi connectivity index (χ3v) is 6.22. The van der Waals surface area contributed by atoms with Crippen molar-refractivity contribution in [2.24, 2.45) is 7.05 Å². The lowest BCUT2D eigenvalue weighted by Crippen LogP contribution is -2.29. The molecule has 2 N–H and O–H groups in total. The fraction of sp³-hybridized carbons (Fsp3) is 0.450. The van der Waals surface area contributed by atoms with Crippen LogP contribution < -0.4 is 5.73 Å². The fourth-order valence-corrected chi connectivity index (χ4v) is 4.73. The number of nitrogens with two attached hydrogens (primary N) is 1. The summed E-state index contributed by atoms with van der Waals surface area (Å²) in [5, 5.41) is 4.58. The smallest absolute Gasteiger partial charge is 0.383 e. The number of aryl methyl sites for hydroxylation is 2. The van der Waals surface area contributed by atoms with Crippen LogP contribution in [0.4, 0.5) is 19.0 Å². The van der Waals surface area contributed by atoms with Crippen LogP contribution in [-0.2, 0) is 31.7 Å². The van der Waals surface area contributed by atoms with Gasteiger partial charge in [-0.1, -0.05) is 0 Å². The Hall–Kier alpha value is -2.88. The number of anilines is 1. The number of hydrogen-bond acceptors (Lipinski definition) is 5. The molecule has 5 rings (SSSR count). The van der Waals surface area contributed by atoms with Crippen molar-refractivity contribution in [2.75, 3.05) is 18.8 Å². The number of imidazole rings is 1. The monoisotopic (exact) mass is 417 g/mol. The average molecular weight is 417 g/mol. The normalized spacial score (nSPS) is 21.6. The van der Waals surface area contributed by atoms with Gasteiger partial charge in [-0.3, -0.25) is 9.58 Å². The fourth-order valence-electron chi connectivity index (χ4n) is 4.73. The molecule has 1 spiro atoms. The van der Waals surface area contributed by atoms with Crippen molar-refractivity contribution in [1.82, 2.24) is 29.2 Å². The predicted molar refractivity (Wildman–Crippen MR) is 104 cm³/mol. The van der Waals surface area contributed by atoms with Crippen molar-refractivity contribution in [2.45, 2.75) is 37.5 Å². The Labute approximate surface area is 171 Å². The summed E-state index contributed by atoms with van der Waals surface area (Å²) in [4.78, 5) is 10.5. The van der Waals surface area contributed by atoms with Gasteiger partial charge in [0.25, 0.3) is 0 Å². The molecule has 0 aromatic carbocycles. The van der Waals surface area contributed by atoms with Gasteiger partial charge in [0.2, 0.25) is 0 Å². The lowest BCUT2D eigenvalue weighted by Gasteiger charge is -2.23. The van der Waals surface area contributed by atoms with Crippen LogP contribution in [0.25, 0.3) is 11.3 Å². The van der Waals surface area contributed by atoms with E-state index in [0.29, 0.717) is 11.3 Å². The van der Waals surface area contributed by atoms with Crippen LogP contribution in [0.5, 0.6) is 0 Å². The molecule has 1 unspecified atom stereocenters. The van der Waals surface area contributed by atoms with Gasteiger partial charge < -0.3 is 10.3 Å². The average Bonchev–Trinajstić information content (AvgIpc) is 3.43. The van der Waals surface area contributed by atoms with E-state index in [-0.39, 0.29) is 5.41 Å². The van der Waals surface area contributed by atoms with Crippen molar-refractivity contribution in [3.05, 3.63) is 47.8 Å². The van der Waals surface area contributed by atoms with Crippen LogP contribution in [0.3, 0.4) is 0 Å². The lowest BCUT2D eigenvalue weighted by atomic mass is 9.82. The first-order valence-electron chi connectivity index (χ1n) is 9.84. The molecule has 30 heavy (non-hydrogen) atoms. The quantitative estimate of drug-likeness (QED) is 0.709. The number of likely N-dealkylation sites (tertiary alicyclic amines) is 1. The van der Waals surface area contributed by atoms with E-state index in [2.05, 4.69) is 20.0 Å². The maximum absolute atomic E-state index is 13.2. The number of pyridine rings is 1. The van der Waals surface area contributed by atoms with E-state index >= 15 is 0 Å². The van der Waals surface area contributed by atoms with Crippen LogP contribution in [0, 0.1) is 0 Å². The van der Waals surface area contributed by atoms with Crippen molar-refractivity contribution >= 4 is 5.82 Å². The van der Waals surface area contributed by atoms with E-state index in [1.807, 2.05) is 28.6 Å². The minimum Gasteiger partial charge on any atom is -0.383 e. The standard InChI is InChI=1S/C20H22F3N7/c1-28-9-14(26-12-28)10-29-4-2-19(11-29)3-5-30-17(19)7-16(27-30)13-6-15(20(21,22)23)18(24)25-8-13/h6-9,12H,2-5,10-11H2,1H3,(H2,24,25). The topological polar surface area (TPSA) is 77.8 Å². The zero-order chi connectivity index (χ0) is 21.1. The number of hydrogen-bond donors (Lipinski definition) is 1. The molecule has 0 saturated carbocycles. The molecule has 0 radical (unpaired) electrons. The Kier molecular flexibility index (Phi) is 4.18. The van der Waals surface area contributed by atoms with Gasteiger partial charge in [-0.2, -0.15) is 18.3 Å². The summed E-state index contributed by atoms with van der Waals surface area (Å²) < 4.78 is 43.5. The minimum absolute atomic E-state index is 0.0197. The van der Waals surface area contributed by atoms with Crippen LogP contribution in [0.1, 0.15) is 29.8 Å². The Balaban J connectivity index is 1.41. The molecule has 158 valence electrons. The molecule has 0 aliphatic carbocycles. The van der Waals surface area contributed by atoms with E-state index in [1.54, 1.807) is 6.33 Å². The van der Waals surface area contributed by atoms with Gasteiger partial charge in [0.15, 0.2) is 0 Å². The van der Waals surface area contributed by atoms with E-state index in [1.165, 1.54) is 6.20 Å². The highest BCUT2D eigenvalue weighted by molar-refractivity contribution is 5.63. The summed E-state index contributed by atoms with van der Waals surface area (Å²) in [5.74, 6) is -0.518. The highest BCUT2D eigenvalue weighted by atomic mass is 19.4. The first kappa shape index (κ1) is 19.1. The maximum Gasteiger partial charge on any atom is 0.419 e. The SMILES string of the molecule is Cn1cnc(CN2CCC3(CCn4nc(-c5cnc(N)c(C(F)(F)F)c5)cc43)C2)c1. The molecule has 3 aromatic heterocycles. The van der Waals surface area contributed by atoms with Crippen molar-refractivity contribution in [3.63, 3.8) is 0 Å². The Morgan fingerprint density at radius 3 is 2.70 bits per heavy atom. The molecule has 0 bridgehead atoms. The second-order valence-corrected chi connectivity index (χ2v) is 8.31. The summed E-state index contributed by atoms with van der Waals surface area (Å²) in [6.45, 7) is 3.41. The molecule has 2 aliphatic heterocycles. The number of rotatable bonds is 3. The van der Waals surface area contributed by atoms with Crippen molar-refractivity contribution in [1.29, 1.82) is 0 Å². The zero-order valence-electron chi connectivity index (χ0n) is 16.5. The van der Waals surface area contributed by atoms with Gasteiger partial charge in [0.1, 0.15) is 5.82 Å². The van der Waals surface area contributed by atoms with Crippen molar-refractivity contribution in [3.8, 4) is 11.3 Å².